The molecule has 2 aliphatic rings. The Morgan fingerprint density at radius 3 is 2.55 bits per heavy atom. The van der Waals surface area contributed by atoms with E-state index in [9.17, 15) is 5.11 Å². The number of alkyl halides is 1. The summed E-state index contributed by atoms with van der Waals surface area (Å²) in [6, 6.07) is 0. The molecule has 0 amide bonds. The summed E-state index contributed by atoms with van der Waals surface area (Å²) in [7, 11) is 0. The minimum Gasteiger partial charge on any atom is -0.392 e. The van der Waals surface area contributed by atoms with Crippen molar-refractivity contribution in [2.24, 2.45) is 17.6 Å². The lowest BCUT2D eigenvalue weighted by atomic mass is 9.98. The molecule has 0 spiro atoms. The quantitative estimate of drug-likeness (QED) is 0.533. The first-order chi connectivity index (χ1) is 5.03. The van der Waals surface area contributed by atoms with Gasteiger partial charge in [0.05, 0.1) is 11.5 Å². The predicted octanol–water partition coefficient (Wildman–Crippen LogP) is 0.712. The van der Waals surface area contributed by atoms with Crippen molar-refractivity contribution in [2.45, 2.75) is 36.8 Å². The van der Waals surface area contributed by atoms with Crippen LogP contribution in [0.2, 0.25) is 0 Å². The van der Waals surface area contributed by atoms with Gasteiger partial charge in [0.2, 0.25) is 0 Å². The third kappa shape index (κ3) is 1.00. The van der Waals surface area contributed by atoms with Crippen molar-refractivity contribution in [2.75, 3.05) is 0 Å². The van der Waals surface area contributed by atoms with E-state index in [0.29, 0.717) is 11.8 Å². The maximum Gasteiger partial charge on any atom is 0.0707 e. The number of aliphatic hydroxyl groups excluding tert-OH is 1. The molecular weight excluding hydrogens is 162 g/mol. The fourth-order valence-electron chi connectivity index (χ4n) is 2.37. The van der Waals surface area contributed by atoms with E-state index < -0.39 is 0 Å². The molecule has 2 aliphatic carbocycles. The van der Waals surface area contributed by atoms with E-state index in [4.69, 9.17) is 17.3 Å². The molecule has 0 bridgehead atoms. The number of fused-ring (bicyclic) bond motifs is 1. The third-order valence-electron chi connectivity index (χ3n) is 3.37. The summed E-state index contributed by atoms with van der Waals surface area (Å²) in [4.78, 5) is 0. The lowest BCUT2D eigenvalue weighted by Gasteiger charge is -2.20. The molecule has 0 aromatic heterocycles. The second-order valence-corrected chi connectivity index (χ2v) is 4.69. The Labute approximate surface area is 71.7 Å². The molecule has 2 rings (SSSR count). The van der Waals surface area contributed by atoms with Gasteiger partial charge in [0, 0.05) is 5.54 Å². The zero-order valence-corrected chi connectivity index (χ0v) is 7.38. The largest absolute Gasteiger partial charge is 0.392 e. The first-order valence-electron chi connectivity index (χ1n) is 4.14. The molecule has 0 aliphatic heterocycles. The third-order valence-corrected chi connectivity index (χ3v) is 3.84. The molecule has 0 aromatic rings. The predicted molar refractivity (Wildman–Crippen MR) is 44.5 cm³/mol. The number of rotatable bonds is 0. The van der Waals surface area contributed by atoms with Crippen molar-refractivity contribution < 1.29 is 5.11 Å². The van der Waals surface area contributed by atoms with Crippen LogP contribution in [-0.2, 0) is 0 Å². The van der Waals surface area contributed by atoms with E-state index in [1.165, 1.54) is 0 Å². The normalized spacial score (nSPS) is 62.2. The van der Waals surface area contributed by atoms with Crippen molar-refractivity contribution in [1.29, 1.82) is 0 Å². The zero-order valence-electron chi connectivity index (χ0n) is 6.63. The molecule has 2 unspecified atom stereocenters. The number of nitrogens with two attached hydrogens (primary N) is 1. The average molecular weight is 176 g/mol. The van der Waals surface area contributed by atoms with Gasteiger partial charge in [-0.25, -0.2) is 0 Å². The Hall–Kier alpha value is 0.210. The van der Waals surface area contributed by atoms with Crippen molar-refractivity contribution in [3.63, 3.8) is 0 Å². The molecule has 2 saturated carbocycles. The van der Waals surface area contributed by atoms with Gasteiger partial charge in [-0.1, -0.05) is 0 Å². The minimum absolute atomic E-state index is 0.0371. The highest BCUT2D eigenvalue weighted by Gasteiger charge is 2.61. The Kier molecular flexibility index (Phi) is 1.51. The highest BCUT2D eigenvalue weighted by molar-refractivity contribution is 6.21. The Morgan fingerprint density at radius 1 is 1.45 bits per heavy atom. The van der Waals surface area contributed by atoms with Crippen LogP contribution in [0.5, 0.6) is 0 Å². The Morgan fingerprint density at radius 2 is 2.00 bits per heavy atom. The lowest BCUT2D eigenvalue weighted by Crippen LogP contribution is -2.26. The van der Waals surface area contributed by atoms with Crippen LogP contribution in [0.25, 0.3) is 0 Å². The minimum atomic E-state index is -0.330. The highest BCUT2D eigenvalue weighted by Crippen LogP contribution is 2.57. The van der Waals surface area contributed by atoms with Crippen LogP contribution in [0.15, 0.2) is 0 Å². The van der Waals surface area contributed by atoms with Crippen LogP contribution in [0.1, 0.15) is 19.8 Å². The maximum absolute atomic E-state index is 9.42. The molecule has 0 heterocycles. The standard InChI is InChI=1S/C8H14ClNO/c1-8(10)4-2-6(9)7(11)3-5(4)8/h4-7,11H,2-3,10H2,1H3/t4-,5+,6-,7?,8?/m1/s1. The average Bonchev–Trinajstić information content (AvgIpc) is 2.39. The summed E-state index contributed by atoms with van der Waals surface area (Å²) >= 11 is 5.91. The van der Waals surface area contributed by atoms with Gasteiger partial charge in [0.1, 0.15) is 0 Å². The van der Waals surface area contributed by atoms with Crippen LogP contribution in [-0.4, -0.2) is 22.1 Å². The van der Waals surface area contributed by atoms with Crippen LogP contribution in [0.3, 0.4) is 0 Å². The van der Waals surface area contributed by atoms with Crippen LogP contribution < -0.4 is 5.73 Å². The lowest BCUT2D eigenvalue weighted by molar-refractivity contribution is 0.129. The number of halogens is 1. The maximum atomic E-state index is 9.42. The summed E-state index contributed by atoms with van der Waals surface area (Å²) in [5.74, 6) is 1.08. The van der Waals surface area contributed by atoms with Crippen LogP contribution in [0.4, 0.5) is 0 Å². The van der Waals surface area contributed by atoms with Gasteiger partial charge in [-0.2, -0.15) is 0 Å². The van der Waals surface area contributed by atoms with Crippen molar-refractivity contribution in [3.8, 4) is 0 Å². The van der Waals surface area contributed by atoms with E-state index in [1.807, 2.05) is 0 Å². The zero-order chi connectivity index (χ0) is 8.22. The Bertz CT molecular complexity index is 165. The molecule has 2 fully saturated rings. The van der Waals surface area contributed by atoms with Gasteiger partial charge in [0.15, 0.2) is 0 Å². The van der Waals surface area contributed by atoms with E-state index in [0.717, 1.165) is 12.8 Å². The molecular formula is C8H14ClNO. The van der Waals surface area contributed by atoms with E-state index >= 15 is 0 Å². The molecule has 5 atom stereocenters. The summed E-state index contributed by atoms with van der Waals surface area (Å²) < 4.78 is 0. The molecule has 2 nitrogen and oxygen atoms in total. The fourth-order valence-corrected chi connectivity index (χ4v) is 2.66. The number of hydrogen-bond donors (Lipinski definition) is 2. The number of aliphatic hydroxyl groups is 1. The SMILES string of the molecule is CC1(N)[C@@H]2C[C@@H](Cl)C(O)C[C@@H]21. The monoisotopic (exact) mass is 175 g/mol. The van der Waals surface area contributed by atoms with Gasteiger partial charge in [-0.3, -0.25) is 0 Å². The summed E-state index contributed by atoms with van der Waals surface area (Å²) in [6.07, 6.45) is 1.36. The van der Waals surface area contributed by atoms with E-state index in [2.05, 4.69) is 6.92 Å². The number of hydrogen-bond acceptors (Lipinski definition) is 2. The van der Waals surface area contributed by atoms with Crippen molar-refractivity contribution in [3.05, 3.63) is 0 Å². The van der Waals surface area contributed by atoms with Crippen LogP contribution >= 0.6 is 11.6 Å². The topological polar surface area (TPSA) is 46.2 Å². The second-order valence-electron chi connectivity index (χ2n) is 4.13. The van der Waals surface area contributed by atoms with Gasteiger partial charge in [0.25, 0.3) is 0 Å². The molecule has 0 radical (unpaired) electrons. The second kappa shape index (κ2) is 2.12. The smallest absolute Gasteiger partial charge is 0.0707 e. The van der Waals surface area contributed by atoms with Gasteiger partial charge in [-0.05, 0) is 31.6 Å². The highest BCUT2D eigenvalue weighted by atomic mass is 35.5. The fraction of sp³-hybridized carbons (Fsp3) is 1.00. The summed E-state index contributed by atoms with van der Waals surface area (Å²) in [5.41, 5.74) is 5.93. The van der Waals surface area contributed by atoms with Crippen LogP contribution in [0, 0.1) is 11.8 Å². The van der Waals surface area contributed by atoms with Crippen molar-refractivity contribution >= 4 is 11.6 Å². The molecule has 3 N–H and O–H groups in total. The molecule has 0 saturated heterocycles. The summed E-state index contributed by atoms with van der Waals surface area (Å²) in [5, 5.41) is 9.35. The van der Waals surface area contributed by atoms with Crippen molar-refractivity contribution in [1.82, 2.24) is 0 Å². The first-order valence-corrected chi connectivity index (χ1v) is 4.58. The first kappa shape index (κ1) is 7.84. The Balaban J connectivity index is 2.07. The van der Waals surface area contributed by atoms with Gasteiger partial charge >= 0.3 is 0 Å². The van der Waals surface area contributed by atoms with Gasteiger partial charge < -0.3 is 10.8 Å². The molecule has 64 valence electrons. The molecule has 11 heavy (non-hydrogen) atoms. The van der Waals surface area contributed by atoms with E-state index in [-0.39, 0.29) is 17.0 Å². The summed E-state index contributed by atoms with van der Waals surface area (Å²) in [6.45, 7) is 2.06. The molecule has 3 heteroatoms. The molecule has 0 aromatic carbocycles. The van der Waals surface area contributed by atoms with E-state index in [1.54, 1.807) is 0 Å². The van der Waals surface area contributed by atoms with Gasteiger partial charge in [-0.15, -0.1) is 11.6 Å².